The van der Waals surface area contributed by atoms with E-state index >= 15 is 0 Å². The Kier molecular flexibility index (Phi) is 7.49. The van der Waals surface area contributed by atoms with Crippen LogP contribution in [0.25, 0.3) is 0 Å². The Morgan fingerprint density at radius 3 is 2.69 bits per heavy atom. The number of carbonyl (C=O) groups excluding carboxylic acids is 2. The van der Waals surface area contributed by atoms with Crippen molar-refractivity contribution in [1.82, 2.24) is 15.3 Å². The first-order valence-electron chi connectivity index (χ1n) is 11.1. The van der Waals surface area contributed by atoms with Gasteiger partial charge in [-0.1, -0.05) is 35.3 Å². The van der Waals surface area contributed by atoms with E-state index in [0.29, 0.717) is 33.9 Å². The molecule has 0 aliphatic carbocycles. The van der Waals surface area contributed by atoms with Crippen LogP contribution in [-0.2, 0) is 14.3 Å². The van der Waals surface area contributed by atoms with Gasteiger partial charge in [-0.05, 0) is 44.5 Å². The Bertz CT molecular complexity index is 1150. The lowest BCUT2D eigenvalue weighted by Gasteiger charge is -2.30. The Hall–Kier alpha value is -2.88. The fourth-order valence-electron chi connectivity index (χ4n) is 3.70. The number of nitrogens with one attached hydrogen (secondary N) is 1. The van der Waals surface area contributed by atoms with Crippen molar-refractivity contribution in [2.75, 3.05) is 19.7 Å². The van der Waals surface area contributed by atoms with Gasteiger partial charge in [0.1, 0.15) is 17.8 Å². The number of benzene rings is 1. The van der Waals surface area contributed by atoms with E-state index in [9.17, 15) is 9.59 Å². The van der Waals surface area contributed by atoms with Gasteiger partial charge in [0, 0.05) is 12.6 Å². The van der Waals surface area contributed by atoms with Crippen LogP contribution < -0.4 is 10.2 Å². The molecule has 2 atom stereocenters. The molecule has 35 heavy (non-hydrogen) atoms. The minimum atomic E-state index is -0.646. The molecule has 1 N–H and O–H groups in total. The van der Waals surface area contributed by atoms with Crippen LogP contribution in [0.1, 0.15) is 44.6 Å². The van der Waals surface area contributed by atoms with Gasteiger partial charge in [-0.15, -0.1) is 0 Å². The SMILES string of the molecule is CC(C)(C)OC(=O)N1CCOC(c2ccc(Cl)c(Cl)c2)C(Oc2cccc(C3=NNC(=O)C3)n2)C1. The van der Waals surface area contributed by atoms with Gasteiger partial charge in [0.15, 0.2) is 0 Å². The fraction of sp³-hybridized carbons (Fsp3) is 0.417. The summed E-state index contributed by atoms with van der Waals surface area (Å²) in [6, 6.07) is 10.4. The highest BCUT2D eigenvalue weighted by Crippen LogP contribution is 2.32. The molecule has 2 aliphatic heterocycles. The molecule has 186 valence electrons. The van der Waals surface area contributed by atoms with Crippen LogP contribution in [0.4, 0.5) is 4.79 Å². The summed E-state index contributed by atoms with van der Waals surface area (Å²) in [5.74, 6) is 0.104. The van der Waals surface area contributed by atoms with Gasteiger partial charge in [0.25, 0.3) is 0 Å². The number of aromatic nitrogens is 1. The Morgan fingerprint density at radius 2 is 2.00 bits per heavy atom. The lowest BCUT2D eigenvalue weighted by Crippen LogP contribution is -2.43. The van der Waals surface area contributed by atoms with E-state index in [1.807, 2.05) is 26.8 Å². The number of amides is 2. The number of hydrazone groups is 1. The van der Waals surface area contributed by atoms with Crippen LogP contribution in [0.2, 0.25) is 10.0 Å². The molecule has 1 aromatic carbocycles. The second-order valence-corrected chi connectivity index (χ2v) is 9.99. The monoisotopic (exact) mass is 520 g/mol. The normalized spacial score (nSPS) is 20.7. The average Bonchev–Trinajstić information content (AvgIpc) is 3.11. The third kappa shape index (κ3) is 6.42. The van der Waals surface area contributed by atoms with Crippen molar-refractivity contribution in [3.63, 3.8) is 0 Å². The molecule has 0 saturated carbocycles. The Morgan fingerprint density at radius 1 is 1.20 bits per heavy atom. The van der Waals surface area contributed by atoms with Crippen LogP contribution in [0.5, 0.6) is 5.88 Å². The lowest BCUT2D eigenvalue weighted by molar-refractivity contribution is -0.119. The molecule has 0 spiro atoms. The number of hydrogen-bond donors (Lipinski definition) is 1. The number of rotatable bonds is 4. The average molecular weight is 521 g/mol. The van der Waals surface area contributed by atoms with Crippen molar-refractivity contribution < 1.29 is 23.8 Å². The predicted molar refractivity (Wildman–Crippen MR) is 131 cm³/mol. The number of nitrogens with zero attached hydrogens (tertiary/aromatic N) is 3. The van der Waals surface area contributed by atoms with E-state index in [1.54, 1.807) is 35.2 Å². The molecule has 2 aliphatic rings. The molecule has 9 nitrogen and oxygen atoms in total. The summed E-state index contributed by atoms with van der Waals surface area (Å²) in [4.78, 5) is 30.5. The number of halogens is 2. The summed E-state index contributed by atoms with van der Waals surface area (Å²) in [5.41, 5.74) is 3.57. The van der Waals surface area contributed by atoms with E-state index < -0.39 is 23.9 Å². The zero-order valence-electron chi connectivity index (χ0n) is 19.6. The highest BCUT2D eigenvalue weighted by Gasteiger charge is 2.35. The summed E-state index contributed by atoms with van der Waals surface area (Å²) >= 11 is 12.4. The maximum atomic E-state index is 12.8. The molecule has 1 aromatic heterocycles. The largest absolute Gasteiger partial charge is 0.469 e. The van der Waals surface area contributed by atoms with Gasteiger partial charge in [-0.25, -0.2) is 15.2 Å². The molecular formula is C24H26Cl2N4O5. The standard InChI is InChI=1S/C24H26Cl2N4O5/c1-24(2,3)35-23(32)30-9-10-33-22(14-7-8-15(25)16(26)11-14)19(13-30)34-21-6-4-5-17(27-21)18-12-20(31)29-28-18/h4-8,11,19,22H,9-10,12-13H2,1-3H3,(H,29,31). The summed E-state index contributed by atoms with van der Waals surface area (Å²) in [6.07, 6.45) is -1.53. The lowest BCUT2D eigenvalue weighted by atomic mass is 10.0. The number of hydrogen-bond acceptors (Lipinski definition) is 7. The summed E-state index contributed by atoms with van der Waals surface area (Å²) in [5, 5.41) is 4.83. The number of pyridine rings is 1. The van der Waals surface area contributed by atoms with E-state index in [2.05, 4.69) is 15.5 Å². The van der Waals surface area contributed by atoms with Gasteiger partial charge in [-0.3, -0.25) is 4.79 Å². The first-order valence-corrected chi connectivity index (χ1v) is 11.9. The van der Waals surface area contributed by atoms with Crippen molar-refractivity contribution in [2.24, 2.45) is 5.10 Å². The Balaban J connectivity index is 1.62. The number of ether oxygens (including phenoxy) is 3. The summed E-state index contributed by atoms with van der Waals surface area (Å²) in [6.45, 7) is 6.21. The van der Waals surface area contributed by atoms with Gasteiger partial charge >= 0.3 is 6.09 Å². The van der Waals surface area contributed by atoms with E-state index in [1.165, 1.54) is 0 Å². The zero-order chi connectivity index (χ0) is 25.2. The topological polar surface area (TPSA) is 102 Å². The molecule has 0 bridgehead atoms. The summed E-state index contributed by atoms with van der Waals surface area (Å²) < 4.78 is 18.0. The van der Waals surface area contributed by atoms with Gasteiger partial charge < -0.3 is 19.1 Å². The van der Waals surface area contributed by atoms with Crippen LogP contribution in [0.3, 0.4) is 0 Å². The molecule has 2 unspecified atom stereocenters. The minimum absolute atomic E-state index is 0.140. The third-order valence-corrected chi connectivity index (χ3v) is 5.99. The summed E-state index contributed by atoms with van der Waals surface area (Å²) in [7, 11) is 0. The molecule has 0 radical (unpaired) electrons. The molecule has 1 fully saturated rings. The van der Waals surface area contributed by atoms with Crippen LogP contribution in [-0.4, -0.2) is 59.0 Å². The first kappa shape index (κ1) is 25.2. The van der Waals surface area contributed by atoms with Crippen molar-refractivity contribution in [3.05, 3.63) is 57.7 Å². The van der Waals surface area contributed by atoms with Crippen molar-refractivity contribution in [1.29, 1.82) is 0 Å². The van der Waals surface area contributed by atoms with Crippen LogP contribution >= 0.6 is 23.2 Å². The quantitative estimate of drug-likeness (QED) is 0.641. The molecule has 1 saturated heterocycles. The van der Waals surface area contributed by atoms with Crippen molar-refractivity contribution >= 4 is 40.9 Å². The van der Waals surface area contributed by atoms with Gasteiger partial charge in [-0.2, -0.15) is 5.10 Å². The fourth-order valence-corrected chi connectivity index (χ4v) is 4.00. The smallest absolute Gasteiger partial charge is 0.410 e. The molecule has 3 heterocycles. The van der Waals surface area contributed by atoms with Gasteiger partial charge in [0.2, 0.25) is 11.8 Å². The van der Waals surface area contributed by atoms with E-state index in [0.717, 1.165) is 5.56 Å². The van der Waals surface area contributed by atoms with Crippen LogP contribution in [0.15, 0.2) is 41.5 Å². The maximum Gasteiger partial charge on any atom is 0.410 e. The van der Waals surface area contributed by atoms with Crippen molar-refractivity contribution in [3.8, 4) is 5.88 Å². The number of carbonyl (C=O) groups is 2. The molecule has 2 aromatic rings. The highest BCUT2D eigenvalue weighted by molar-refractivity contribution is 6.42. The first-order chi connectivity index (χ1) is 16.6. The Labute approximate surface area is 213 Å². The van der Waals surface area contributed by atoms with E-state index in [4.69, 9.17) is 37.4 Å². The molecular weight excluding hydrogens is 495 g/mol. The predicted octanol–water partition coefficient (Wildman–Crippen LogP) is 4.37. The second-order valence-electron chi connectivity index (χ2n) is 9.18. The molecule has 4 rings (SSSR count). The third-order valence-electron chi connectivity index (χ3n) is 5.26. The second kappa shape index (κ2) is 10.4. The zero-order valence-corrected chi connectivity index (χ0v) is 21.1. The van der Waals surface area contributed by atoms with Crippen LogP contribution in [0, 0.1) is 0 Å². The maximum absolute atomic E-state index is 12.8. The molecule has 2 amide bonds. The highest BCUT2D eigenvalue weighted by atomic mass is 35.5. The minimum Gasteiger partial charge on any atom is -0.469 e. The van der Waals surface area contributed by atoms with Gasteiger partial charge in [0.05, 0.1) is 41.0 Å². The molecule has 11 heteroatoms. The van der Waals surface area contributed by atoms with Crippen molar-refractivity contribution in [2.45, 2.75) is 45.0 Å². The van der Waals surface area contributed by atoms with E-state index in [-0.39, 0.29) is 25.5 Å².